The molecule has 0 radical (unpaired) electrons. The molecule has 0 unspecified atom stereocenters. The van der Waals surface area contributed by atoms with E-state index in [1.54, 1.807) is 0 Å². The van der Waals surface area contributed by atoms with Gasteiger partial charge in [-0.2, -0.15) is 0 Å². The monoisotopic (exact) mass is 350 g/mol. The molecular formula is C11H11IO5. The van der Waals surface area contributed by atoms with Crippen molar-refractivity contribution < 1.29 is 24.5 Å². The highest BCUT2D eigenvalue weighted by Gasteiger charge is 2.30. The van der Waals surface area contributed by atoms with Crippen LogP contribution in [0.1, 0.15) is 24.2 Å². The van der Waals surface area contributed by atoms with Gasteiger partial charge in [0.05, 0.1) is 9.13 Å². The van der Waals surface area contributed by atoms with Gasteiger partial charge in [-0.3, -0.25) is 0 Å². The van der Waals surface area contributed by atoms with Gasteiger partial charge in [-0.05, 0) is 54.6 Å². The third-order valence-electron chi connectivity index (χ3n) is 2.06. The minimum absolute atomic E-state index is 0.134. The molecule has 1 rings (SSSR count). The van der Waals surface area contributed by atoms with Gasteiger partial charge in [-0.25, -0.2) is 9.59 Å². The molecule has 6 heteroatoms. The molecule has 0 fully saturated rings. The second kappa shape index (κ2) is 4.91. The van der Waals surface area contributed by atoms with Crippen LogP contribution < -0.4 is 4.74 Å². The zero-order valence-corrected chi connectivity index (χ0v) is 11.4. The topological polar surface area (TPSA) is 83.8 Å². The molecule has 0 aliphatic carbocycles. The number of benzene rings is 1. The Morgan fingerprint density at radius 2 is 1.88 bits per heavy atom. The summed E-state index contributed by atoms with van der Waals surface area (Å²) < 4.78 is 5.88. The first kappa shape index (κ1) is 13.8. The molecule has 1 aromatic rings. The van der Waals surface area contributed by atoms with Crippen LogP contribution in [-0.4, -0.2) is 27.8 Å². The Morgan fingerprint density at radius 3 is 2.29 bits per heavy atom. The van der Waals surface area contributed by atoms with Crippen molar-refractivity contribution in [1.82, 2.24) is 0 Å². The van der Waals surface area contributed by atoms with Gasteiger partial charge < -0.3 is 14.9 Å². The summed E-state index contributed by atoms with van der Waals surface area (Å²) in [6.07, 6.45) is 0. The average molecular weight is 350 g/mol. The molecule has 0 saturated heterocycles. The number of ether oxygens (including phenoxy) is 1. The third kappa shape index (κ3) is 3.32. The van der Waals surface area contributed by atoms with Crippen molar-refractivity contribution in [2.24, 2.45) is 0 Å². The minimum Gasteiger partial charge on any atom is -0.478 e. The Balaban J connectivity index is 3.02. The molecule has 5 nitrogen and oxygen atoms in total. The van der Waals surface area contributed by atoms with Crippen molar-refractivity contribution in [3.63, 3.8) is 0 Å². The predicted octanol–water partition coefficient (Wildman–Crippen LogP) is 2.23. The maximum atomic E-state index is 10.9. The Labute approximate surface area is 112 Å². The molecule has 0 aromatic heterocycles. The Morgan fingerprint density at radius 1 is 1.29 bits per heavy atom. The SMILES string of the molecule is CC(C)(Oc1ccc(C(=O)O)cc1I)C(=O)O. The van der Waals surface area contributed by atoms with Gasteiger partial charge in [0.25, 0.3) is 0 Å². The zero-order chi connectivity index (χ0) is 13.2. The molecule has 17 heavy (non-hydrogen) atoms. The van der Waals surface area contributed by atoms with Crippen molar-refractivity contribution in [3.8, 4) is 5.75 Å². The first-order valence-corrected chi connectivity index (χ1v) is 5.77. The quantitative estimate of drug-likeness (QED) is 0.814. The van der Waals surface area contributed by atoms with E-state index in [1.807, 2.05) is 22.6 Å². The highest BCUT2D eigenvalue weighted by Crippen LogP contribution is 2.26. The van der Waals surface area contributed by atoms with E-state index >= 15 is 0 Å². The number of hydrogen-bond donors (Lipinski definition) is 2. The number of carboxylic acid groups (broad SMARTS) is 2. The normalized spacial score (nSPS) is 11.0. The van der Waals surface area contributed by atoms with Gasteiger partial charge in [0.1, 0.15) is 5.75 Å². The van der Waals surface area contributed by atoms with Crippen LogP contribution in [-0.2, 0) is 4.79 Å². The summed E-state index contributed by atoms with van der Waals surface area (Å²) in [7, 11) is 0. The van der Waals surface area contributed by atoms with E-state index in [0.717, 1.165) is 0 Å². The molecule has 0 aliphatic heterocycles. The number of aliphatic carboxylic acids is 1. The second-order valence-corrected chi connectivity index (χ2v) is 5.03. The Hall–Kier alpha value is -1.31. The van der Waals surface area contributed by atoms with Crippen LogP contribution in [0.3, 0.4) is 0 Å². The lowest BCUT2D eigenvalue weighted by atomic mass is 10.1. The number of hydrogen-bond acceptors (Lipinski definition) is 3. The maximum absolute atomic E-state index is 10.9. The summed E-state index contributed by atoms with van der Waals surface area (Å²) in [5, 5.41) is 17.7. The van der Waals surface area contributed by atoms with Gasteiger partial charge in [0.2, 0.25) is 0 Å². The summed E-state index contributed by atoms with van der Waals surface area (Å²) in [4.78, 5) is 21.6. The molecule has 2 N–H and O–H groups in total. The lowest BCUT2D eigenvalue weighted by molar-refractivity contribution is -0.152. The molecular weight excluding hydrogens is 339 g/mol. The third-order valence-corrected chi connectivity index (χ3v) is 2.90. The predicted molar refractivity (Wildman–Crippen MR) is 68.5 cm³/mol. The van der Waals surface area contributed by atoms with E-state index in [2.05, 4.69) is 0 Å². The lowest BCUT2D eigenvalue weighted by Crippen LogP contribution is -2.38. The summed E-state index contributed by atoms with van der Waals surface area (Å²) in [6.45, 7) is 2.85. The fourth-order valence-electron chi connectivity index (χ4n) is 1.04. The van der Waals surface area contributed by atoms with Crippen LogP contribution in [0.25, 0.3) is 0 Å². The molecule has 92 valence electrons. The highest BCUT2D eigenvalue weighted by molar-refractivity contribution is 14.1. The van der Waals surface area contributed by atoms with Gasteiger partial charge in [0.15, 0.2) is 5.60 Å². The highest BCUT2D eigenvalue weighted by atomic mass is 127. The van der Waals surface area contributed by atoms with Gasteiger partial charge >= 0.3 is 11.9 Å². The van der Waals surface area contributed by atoms with Crippen LogP contribution >= 0.6 is 22.6 Å². The van der Waals surface area contributed by atoms with Gasteiger partial charge in [0, 0.05) is 0 Å². The fourth-order valence-corrected chi connectivity index (χ4v) is 1.66. The molecule has 0 atom stereocenters. The molecule has 1 aromatic carbocycles. The molecule has 0 saturated carbocycles. The van der Waals surface area contributed by atoms with Crippen LogP contribution in [0.15, 0.2) is 18.2 Å². The average Bonchev–Trinajstić information content (AvgIpc) is 2.20. The summed E-state index contributed by atoms with van der Waals surface area (Å²) in [6, 6.07) is 4.25. The summed E-state index contributed by atoms with van der Waals surface area (Å²) in [5.41, 5.74) is -1.22. The van der Waals surface area contributed by atoms with Crippen LogP contribution in [0, 0.1) is 3.57 Å². The number of carboxylic acids is 2. The lowest BCUT2D eigenvalue weighted by Gasteiger charge is -2.22. The van der Waals surface area contributed by atoms with Crippen LogP contribution in [0.5, 0.6) is 5.75 Å². The summed E-state index contributed by atoms with van der Waals surface area (Å²) in [5.74, 6) is -1.77. The summed E-state index contributed by atoms with van der Waals surface area (Å²) >= 11 is 1.90. The number of rotatable bonds is 4. The second-order valence-electron chi connectivity index (χ2n) is 3.87. The number of carbonyl (C=O) groups is 2. The fraction of sp³-hybridized carbons (Fsp3) is 0.273. The van der Waals surface area contributed by atoms with E-state index in [1.165, 1.54) is 32.0 Å². The van der Waals surface area contributed by atoms with Crippen molar-refractivity contribution in [2.75, 3.05) is 0 Å². The van der Waals surface area contributed by atoms with Crippen LogP contribution in [0.2, 0.25) is 0 Å². The van der Waals surface area contributed by atoms with Crippen molar-refractivity contribution >= 4 is 34.5 Å². The minimum atomic E-state index is -1.36. The van der Waals surface area contributed by atoms with Crippen molar-refractivity contribution in [1.29, 1.82) is 0 Å². The van der Waals surface area contributed by atoms with Crippen LogP contribution in [0.4, 0.5) is 0 Å². The van der Waals surface area contributed by atoms with E-state index < -0.39 is 17.5 Å². The Bertz CT molecular complexity index is 467. The molecule has 0 spiro atoms. The first-order chi connectivity index (χ1) is 7.74. The molecule has 0 amide bonds. The van der Waals surface area contributed by atoms with Gasteiger partial charge in [-0.15, -0.1) is 0 Å². The van der Waals surface area contributed by atoms with Crippen molar-refractivity contribution in [3.05, 3.63) is 27.3 Å². The van der Waals surface area contributed by atoms with E-state index in [-0.39, 0.29) is 5.56 Å². The number of halogens is 1. The number of aromatic carboxylic acids is 1. The van der Waals surface area contributed by atoms with E-state index in [4.69, 9.17) is 14.9 Å². The smallest absolute Gasteiger partial charge is 0.347 e. The van der Waals surface area contributed by atoms with Crippen molar-refractivity contribution in [2.45, 2.75) is 19.4 Å². The zero-order valence-electron chi connectivity index (χ0n) is 9.23. The standard InChI is InChI=1S/C11H11IO5/c1-11(2,10(15)16)17-8-4-3-6(9(13)14)5-7(8)12/h3-5H,1-2H3,(H,13,14)(H,15,16). The maximum Gasteiger partial charge on any atom is 0.347 e. The first-order valence-electron chi connectivity index (χ1n) is 4.69. The molecule has 0 bridgehead atoms. The molecule has 0 aliphatic rings. The Kier molecular flexibility index (Phi) is 3.97. The van der Waals surface area contributed by atoms with E-state index in [9.17, 15) is 9.59 Å². The van der Waals surface area contributed by atoms with E-state index in [0.29, 0.717) is 9.32 Å². The van der Waals surface area contributed by atoms with Gasteiger partial charge in [-0.1, -0.05) is 0 Å². The largest absolute Gasteiger partial charge is 0.478 e. The molecule has 0 heterocycles.